The van der Waals surface area contributed by atoms with Crippen molar-refractivity contribution >= 4 is 32.9 Å². The predicted octanol–water partition coefficient (Wildman–Crippen LogP) is 2.51. The second-order valence-electron chi connectivity index (χ2n) is 3.10. The SMILES string of the molecule is CCOC(=O)n1nc(O)c2cc(Br)ccc21. The highest BCUT2D eigenvalue weighted by Crippen LogP contribution is 2.26. The van der Waals surface area contributed by atoms with E-state index in [1.165, 1.54) is 0 Å². The molecule has 0 spiro atoms. The van der Waals surface area contributed by atoms with Gasteiger partial charge in [-0.2, -0.15) is 4.68 Å². The lowest BCUT2D eigenvalue weighted by molar-refractivity contribution is 0.151. The summed E-state index contributed by atoms with van der Waals surface area (Å²) in [6.07, 6.45) is -0.602. The van der Waals surface area contributed by atoms with E-state index in [2.05, 4.69) is 21.0 Å². The maximum Gasteiger partial charge on any atom is 0.435 e. The third-order valence-corrected chi connectivity index (χ3v) is 2.56. The van der Waals surface area contributed by atoms with Crippen molar-refractivity contribution in [3.63, 3.8) is 0 Å². The molecular formula is C10H9BrN2O3. The standard InChI is InChI=1S/C10H9BrN2O3/c1-2-16-10(15)13-8-4-3-6(11)5-7(8)9(14)12-13/h3-5H,2H2,1H3,(H,12,14). The van der Waals surface area contributed by atoms with Crippen molar-refractivity contribution in [2.24, 2.45) is 0 Å². The Balaban J connectivity index is 2.59. The quantitative estimate of drug-likeness (QED) is 0.874. The number of aromatic hydroxyl groups is 1. The minimum absolute atomic E-state index is 0.190. The van der Waals surface area contributed by atoms with E-state index >= 15 is 0 Å². The molecule has 5 nitrogen and oxygen atoms in total. The summed E-state index contributed by atoms with van der Waals surface area (Å²) >= 11 is 3.28. The maximum absolute atomic E-state index is 11.5. The van der Waals surface area contributed by atoms with Gasteiger partial charge in [-0.1, -0.05) is 15.9 Å². The Morgan fingerprint density at radius 1 is 1.62 bits per heavy atom. The zero-order chi connectivity index (χ0) is 11.7. The van der Waals surface area contributed by atoms with Gasteiger partial charge in [0.2, 0.25) is 5.88 Å². The van der Waals surface area contributed by atoms with Gasteiger partial charge < -0.3 is 9.84 Å². The van der Waals surface area contributed by atoms with E-state index < -0.39 is 6.09 Å². The van der Waals surface area contributed by atoms with Crippen molar-refractivity contribution in [3.8, 4) is 5.88 Å². The molecule has 0 unspecified atom stereocenters. The molecule has 0 aliphatic carbocycles. The first-order valence-electron chi connectivity index (χ1n) is 4.68. The molecule has 16 heavy (non-hydrogen) atoms. The Morgan fingerprint density at radius 2 is 2.38 bits per heavy atom. The van der Waals surface area contributed by atoms with Gasteiger partial charge in [-0.05, 0) is 25.1 Å². The van der Waals surface area contributed by atoms with E-state index in [0.717, 1.165) is 9.15 Å². The summed E-state index contributed by atoms with van der Waals surface area (Å²) in [5.74, 6) is -0.190. The minimum atomic E-state index is -0.602. The molecule has 1 aromatic carbocycles. The van der Waals surface area contributed by atoms with E-state index in [-0.39, 0.29) is 12.5 Å². The zero-order valence-corrected chi connectivity index (χ0v) is 10.1. The Bertz CT molecular complexity index is 550. The molecule has 0 aliphatic rings. The summed E-state index contributed by atoms with van der Waals surface area (Å²) in [4.78, 5) is 11.5. The molecule has 0 amide bonds. The van der Waals surface area contributed by atoms with Crippen LogP contribution in [0, 0.1) is 0 Å². The number of aromatic nitrogens is 2. The summed E-state index contributed by atoms with van der Waals surface area (Å²) in [6, 6.07) is 5.13. The van der Waals surface area contributed by atoms with Gasteiger partial charge in [-0.15, -0.1) is 5.10 Å². The number of carbonyl (C=O) groups excluding carboxylic acids is 1. The molecule has 0 saturated carbocycles. The van der Waals surface area contributed by atoms with Gasteiger partial charge in [0.25, 0.3) is 0 Å². The fourth-order valence-corrected chi connectivity index (χ4v) is 1.76. The van der Waals surface area contributed by atoms with Crippen molar-refractivity contribution in [3.05, 3.63) is 22.7 Å². The zero-order valence-electron chi connectivity index (χ0n) is 8.48. The highest BCUT2D eigenvalue weighted by Gasteiger charge is 2.15. The van der Waals surface area contributed by atoms with Crippen molar-refractivity contribution in [2.75, 3.05) is 6.61 Å². The molecule has 0 saturated heterocycles. The fourth-order valence-electron chi connectivity index (χ4n) is 1.40. The summed E-state index contributed by atoms with van der Waals surface area (Å²) in [6.45, 7) is 1.97. The molecule has 0 fully saturated rings. The van der Waals surface area contributed by atoms with Crippen LogP contribution in [-0.4, -0.2) is 27.6 Å². The van der Waals surface area contributed by atoms with Gasteiger partial charge in [-0.25, -0.2) is 4.79 Å². The number of fused-ring (bicyclic) bond motifs is 1. The number of carbonyl (C=O) groups is 1. The molecule has 0 bridgehead atoms. The summed E-state index contributed by atoms with van der Waals surface area (Å²) in [7, 11) is 0. The monoisotopic (exact) mass is 284 g/mol. The Hall–Kier alpha value is -1.56. The molecule has 0 radical (unpaired) electrons. The van der Waals surface area contributed by atoms with Gasteiger partial charge >= 0.3 is 6.09 Å². The number of nitrogens with zero attached hydrogens (tertiary/aromatic N) is 2. The number of hydrogen-bond acceptors (Lipinski definition) is 4. The van der Waals surface area contributed by atoms with E-state index in [1.807, 2.05) is 0 Å². The van der Waals surface area contributed by atoms with E-state index in [0.29, 0.717) is 10.9 Å². The van der Waals surface area contributed by atoms with Crippen LogP contribution in [0.2, 0.25) is 0 Å². The lowest BCUT2D eigenvalue weighted by atomic mass is 10.2. The largest absolute Gasteiger partial charge is 0.492 e. The molecule has 6 heteroatoms. The van der Waals surface area contributed by atoms with Crippen LogP contribution in [0.5, 0.6) is 5.88 Å². The summed E-state index contributed by atoms with van der Waals surface area (Å²) < 4.78 is 6.66. The lowest BCUT2D eigenvalue weighted by Crippen LogP contribution is -2.14. The molecule has 1 heterocycles. The van der Waals surface area contributed by atoms with Crippen LogP contribution in [0.4, 0.5) is 4.79 Å². The van der Waals surface area contributed by atoms with Crippen LogP contribution in [0.1, 0.15) is 6.92 Å². The molecular weight excluding hydrogens is 276 g/mol. The van der Waals surface area contributed by atoms with Crippen LogP contribution in [0.25, 0.3) is 10.9 Å². The number of benzene rings is 1. The van der Waals surface area contributed by atoms with Crippen LogP contribution < -0.4 is 0 Å². The van der Waals surface area contributed by atoms with E-state index in [4.69, 9.17) is 4.74 Å². The maximum atomic E-state index is 11.5. The molecule has 1 aromatic heterocycles. The van der Waals surface area contributed by atoms with Gasteiger partial charge in [-0.3, -0.25) is 0 Å². The smallest absolute Gasteiger partial charge is 0.435 e. The molecule has 2 rings (SSSR count). The van der Waals surface area contributed by atoms with Crippen LogP contribution >= 0.6 is 15.9 Å². The van der Waals surface area contributed by atoms with E-state index in [9.17, 15) is 9.90 Å². The van der Waals surface area contributed by atoms with Crippen molar-refractivity contribution in [1.29, 1.82) is 0 Å². The molecule has 2 aromatic rings. The Labute approximate surface area is 99.8 Å². The van der Waals surface area contributed by atoms with Crippen LogP contribution in [0.3, 0.4) is 0 Å². The van der Waals surface area contributed by atoms with Gasteiger partial charge in [0.05, 0.1) is 17.5 Å². The normalized spacial score (nSPS) is 10.6. The van der Waals surface area contributed by atoms with E-state index in [1.54, 1.807) is 25.1 Å². The number of rotatable bonds is 1. The second-order valence-corrected chi connectivity index (χ2v) is 4.01. The minimum Gasteiger partial charge on any atom is -0.492 e. The summed E-state index contributed by atoms with van der Waals surface area (Å²) in [5.41, 5.74) is 0.513. The summed E-state index contributed by atoms with van der Waals surface area (Å²) in [5, 5.41) is 13.8. The third-order valence-electron chi connectivity index (χ3n) is 2.06. The molecule has 0 aliphatic heterocycles. The van der Waals surface area contributed by atoms with Crippen LogP contribution in [0.15, 0.2) is 22.7 Å². The lowest BCUT2D eigenvalue weighted by Gasteiger charge is -2.01. The first kappa shape index (κ1) is 10.9. The first-order valence-corrected chi connectivity index (χ1v) is 5.47. The second kappa shape index (κ2) is 4.13. The van der Waals surface area contributed by atoms with Crippen molar-refractivity contribution < 1.29 is 14.6 Å². The number of hydrogen-bond donors (Lipinski definition) is 1. The number of ether oxygens (including phenoxy) is 1. The van der Waals surface area contributed by atoms with Gasteiger partial charge in [0, 0.05) is 4.47 Å². The highest BCUT2D eigenvalue weighted by atomic mass is 79.9. The molecule has 1 N–H and O–H groups in total. The highest BCUT2D eigenvalue weighted by molar-refractivity contribution is 9.10. The predicted molar refractivity (Wildman–Crippen MR) is 61.5 cm³/mol. The molecule has 84 valence electrons. The Morgan fingerprint density at radius 3 is 3.06 bits per heavy atom. The number of halogens is 1. The third kappa shape index (κ3) is 1.76. The van der Waals surface area contributed by atoms with Crippen LogP contribution in [-0.2, 0) is 4.74 Å². The first-order chi connectivity index (χ1) is 7.63. The van der Waals surface area contributed by atoms with Gasteiger partial charge in [0.1, 0.15) is 0 Å². The Kier molecular flexibility index (Phi) is 2.82. The fraction of sp³-hybridized carbons (Fsp3) is 0.200. The topological polar surface area (TPSA) is 64.4 Å². The van der Waals surface area contributed by atoms with Crippen molar-refractivity contribution in [1.82, 2.24) is 9.78 Å². The van der Waals surface area contributed by atoms with Crippen molar-refractivity contribution in [2.45, 2.75) is 6.92 Å². The molecule has 0 atom stereocenters. The average Bonchev–Trinajstić information content (AvgIpc) is 2.56. The van der Waals surface area contributed by atoms with Gasteiger partial charge in [0.15, 0.2) is 0 Å². The average molecular weight is 285 g/mol.